The van der Waals surface area contributed by atoms with Crippen LogP contribution in [0.15, 0.2) is 6.33 Å². The molecule has 1 aromatic rings. The normalized spacial score (nSPS) is 28.6. The van der Waals surface area contributed by atoms with Crippen molar-refractivity contribution in [2.45, 2.75) is 50.6 Å². The average Bonchev–Trinajstić information content (AvgIpc) is 3.09. The van der Waals surface area contributed by atoms with E-state index in [1.54, 1.807) is 6.33 Å². The molecule has 2 fully saturated rings. The summed E-state index contributed by atoms with van der Waals surface area (Å²) >= 11 is 0. The van der Waals surface area contributed by atoms with Gasteiger partial charge in [-0.25, -0.2) is 4.98 Å². The smallest absolute Gasteiger partial charge is 0.225 e. The number of hydrogen-bond acceptors (Lipinski definition) is 3. The SMILES string of the molecule is O=C(N[C@H]1CC(=O)N(C2CC2)C1)[C@@H]1CCc2nc[nH]c2C1. The van der Waals surface area contributed by atoms with E-state index in [9.17, 15) is 9.59 Å². The molecule has 1 aromatic heterocycles. The van der Waals surface area contributed by atoms with E-state index in [0.717, 1.165) is 43.5 Å². The zero-order valence-corrected chi connectivity index (χ0v) is 12.0. The number of carbonyl (C=O) groups excluding carboxylic acids is 2. The number of imidazole rings is 1. The highest BCUT2D eigenvalue weighted by Gasteiger charge is 2.40. The van der Waals surface area contributed by atoms with Gasteiger partial charge >= 0.3 is 0 Å². The standard InChI is InChI=1S/C15H20N4O2/c20-14-6-10(7-19(14)11-2-3-11)18-15(21)9-1-4-12-13(5-9)17-8-16-12/h8-11H,1-7H2,(H,16,17)(H,18,21)/t9-,10+/m1/s1. The summed E-state index contributed by atoms with van der Waals surface area (Å²) in [4.78, 5) is 33.6. The van der Waals surface area contributed by atoms with Crippen molar-refractivity contribution in [3.8, 4) is 0 Å². The van der Waals surface area contributed by atoms with Crippen LogP contribution in [-0.4, -0.2) is 45.3 Å². The lowest BCUT2D eigenvalue weighted by Crippen LogP contribution is -2.42. The molecule has 0 unspecified atom stereocenters. The van der Waals surface area contributed by atoms with E-state index in [1.807, 2.05) is 4.90 Å². The molecule has 1 saturated carbocycles. The third kappa shape index (κ3) is 2.43. The molecule has 0 spiro atoms. The van der Waals surface area contributed by atoms with Crippen LogP contribution in [0.1, 0.15) is 37.1 Å². The summed E-state index contributed by atoms with van der Waals surface area (Å²) in [6, 6.07) is 0.440. The number of likely N-dealkylation sites (tertiary alicyclic amines) is 1. The third-order valence-electron chi connectivity index (χ3n) is 4.85. The maximum atomic E-state index is 12.4. The Morgan fingerprint density at radius 3 is 3.00 bits per heavy atom. The summed E-state index contributed by atoms with van der Waals surface area (Å²) < 4.78 is 0. The van der Waals surface area contributed by atoms with Gasteiger partial charge in [-0.1, -0.05) is 0 Å². The number of H-pyrrole nitrogens is 1. The van der Waals surface area contributed by atoms with Crippen molar-refractivity contribution in [3.63, 3.8) is 0 Å². The Hall–Kier alpha value is -1.85. The number of hydrogen-bond donors (Lipinski definition) is 2. The average molecular weight is 288 g/mol. The van der Waals surface area contributed by atoms with Crippen LogP contribution in [0.3, 0.4) is 0 Å². The second-order valence-electron chi connectivity index (χ2n) is 6.45. The first-order chi connectivity index (χ1) is 10.2. The number of aryl methyl sites for hydroxylation is 1. The van der Waals surface area contributed by atoms with Gasteiger partial charge in [0.05, 0.1) is 18.1 Å². The molecule has 2 aliphatic carbocycles. The minimum absolute atomic E-state index is 0.00280. The highest BCUT2D eigenvalue weighted by Crippen LogP contribution is 2.31. The zero-order chi connectivity index (χ0) is 14.4. The van der Waals surface area contributed by atoms with Crippen molar-refractivity contribution in [3.05, 3.63) is 17.7 Å². The topological polar surface area (TPSA) is 78.1 Å². The number of nitrogens with zero attached hydrogens (tertiary/aromatic N) is 2. The fourth-order valence-corrected chi connectivity index (χ4v) is 3.51. The molecule has 1 aliphatic heterocycles. The predicted molar refractivity (Wildman–Crippen MR) is 75.4 cm³/mol. The number of aromatic amines is 1. The molecule has 0 radical (unpaired) electrons. The maximum Gasteiger partial charge on any atom is 0.225 e. The molecular formula is C15H20N4O2. The number of aromatic nitrogens is 2. The van der Waals surface area contributed by atoms with Gasteiger partial charge in [0, 0.05) is 37.0 Å². The van der Waals surface area contributed by atoms with Gasteiger partial charge in [-0.15, -0.1) is 0 Å². The van der Waals surface area contributed by atoms with Crippen molar-refractivity contribution in [1.82, 2.24) is 20.2 Å². The van der Waals surface area contributed by atoms with Crippen molar-refractivity contribution in [1.29, 1.82) is 0 Å². The van der Waals surface area contributed by atoms with Crippen LogP contribution in [0.2, 0.25) is 0 Å². The lowest BCUT2D eigenvalue weighted by atomic mass is 9.89. The predicted octanol–water partition coefficient (Wildman–Crippen LogP) is 0.394. The molecule has 2 amide bonds. The highest BCUT2D eigenvalue weighted by atomic mass is 16.2. The van der Waals surface area contributed by atoms with Gasteiger partial charge in [-0.2, -0.15) is 0 Å². The van der Waals surface area contributed by atoms with E-state index in [1.165, 1.54) is 0 Å². The molecule has 2 heterocycles. The summed E-state index contributed by atoms with van der Waals surface area (Å²) in [5.74, 6) is 0.288. The van der Waals surface area contributed by atoms with Gasteiger partial charge in [0.15, 0.2) is 0 Å². The van der Waals surface area contributed by atoms with Gasteiger partial charge in [0.1, 0.15) is 0 Å². The molecule has 0 bridgehead atoms. The van der Waals surface area contributed by atoms with Gasteiger partial charge < -0.3 is 15.2 Å². The molecule has 2 N–H and O–H groups in total. The Kier molecular flexibility index (Phi) is 2.97. The largest absolute Gasteiger partial charge is 0.351 e. The van der Waals surface area contributed by atoms with Crippen LogP contribution in [0.25, 0.3) is 0 Å². The number of carbonyl (C=O) groups is 2. The molecule has 2 atom stereocenters. The fraction of sp³-hybridized carbons (Fsp3) is 0.667. The van der Waals surface area contributed by atoms with Crippen LogP contribution in [-0.2, 0) is 22.4 Å². The van der Waals surface area contributed by atoms with E-state index >= 15 is 0 Å². The van der Waals surface area contributed by atoms with Gasteiger partial charge in [0.25, 0.3) is 0 Å². The quantitative estimate of drug-likeness (QED) is 0.845. The van der Waals surface area contributed by atoms with Gasteiger partial charge in [-0.3, -0.25) is 9.59 Å². The Balaban J connectivity index is 1.35. The number of fused-ring (bicyclic) bond motifs is 1. The van der Waals surface area contributed by atoms with E-state index < -0.39 is 0 Å². The van der Waals surface area contributed by atoms with Crippen LogP contribution in [0.4, 0.5) is 0 Å². The third-order valence-corrected chi connectivity index (χ3v) is 4.85. The van der Waals surface area contributed by atoms with Gasteiger partial charge in [0.2, 0.25) is 11.8 Å². The molecular weight excluding hydrogens is 268 g/mol. The second kappa shape index (κ2) is 4.86. The number of amides is 2. The summed E-state index contributed by atoms with van der Waals surface area (Å²) in [6.45, 7) is 0.692. The molecule has 6 nitrogen and oxygen atoms in total. The Labute approximate surface area is 123 Å². The van der Waals surface area contributed by atoms with Gasteiger partial charge in [-0.05, 0) is 25.7 Å². The Morgan fingerprint density at radius 1 is 1.33 bits per heavy atom. The fourth-order valence-electron chi connectivity index (χ4n) is 3.51. The molecule has 0 aromatic carbocycles. The first-order valence-electron chi connectivity index (χ1n) is 7.81. The minimum atomic E-state index is -0.00577. The van der Waals surface area contributed by atoms with Crippen LogP contribution >= 0.6 is 0 Å². The van der Waals surface area contributed by atoms with Crippen LogP contribution < -0.4 is 5.32 Å². The second-order valence-corrected chi connectivity index (χ2v) is 6.45. The Bertz CT molecular complexity index is 578. The maximum absolute atomic E-state index is 12.4. The Morgan fingerprint density at radius 2 is 2.19 bits per heavy atom. The van der Waals surface area contributed by atoms with E-state index in [-0.39, 0.29) is 23.8 Å². The van der Waals surface area contributed by atoms with Crippen LogP contribution in [0.5, 0.6) is 0 Å². The summed E-state index contributed by atoms with van der Waals surface area (Å²) in [6.07, 6.45) is 6.84. The van der Waals surface area contributed by atoms with Crippen molar-refractivity contribution >= 4 is 11.8 Å². The molecule has 21 heavy (non-hydrogen) atoms. The number of nitrogens with one attached hydrogen (secondary N) is 2. The lowest BCUT2D eigenvalue weighted by Gasteiger charge is -2.23. The van der Waals surface area contributed by atoms with Crippen molar-refractivity contribution in [2.75, 3.05) is 6.54 Å². The molecule has 6 heteroatoms. The molecule has 4 rings (SSSR count). The molecule has 3 aliphatic rings. The first kappa shape index (κ1) is 12.9. The molecule has 1 saturated heterocycles. The number of rotatable bonds is 3. The lowest BCUT2D eigenvalue weighted by molar-refractivity contribution is -0.128. The molecule has 112 valence electrons. The van der Waals surface area contributed by atoms with Crippen molar-refractivity contribution < 1.29 is 9.59 Å². The van der Waals surface area contributed by atoms with E-state index in [2.05, 4.69) is 15.3 Å². The summed E-state index contributed by atoms with van der Waals surface area (Å²) in [5, 5.41) is 3.08. The van der Waals surface area contributed by atoms with E-state index in [0.29, 0.717) is 19.0 Å². The minimum Gasteiger partial charge on any atom is -0.351 e. The first-order valence-corrected chi connectivity index (χ1v) is 7.81. The van der Waals surface area contributed by atoms with Crippen molar-refractivity contribution in [2.24, 2.45) is 5.92 Å². The van der Waals surface area contributed by atoms with Crippen LogP contribution in [0, 0.1) is 5.92 Å². The highest BCUT2D eigenvalue weighted by molar-refractivity contribution is 5.83. The van der Waals surface area contributed by atoms with E-state index in [4.69, 9.17) is 0 Å². The summed E-state index contributed by atoms with van der Waals surface area (Å²) in [7, 11) is 0. The summed E-state index contributed by atoms with van der Waals surface area (Å²) in [5.41, 5.74) is 2.18. The monoisotopic (exact) mass is 288 g/mol. The zero-order valence-electron chi connectivity index (χ0n) is 12.0.